The lowest BCUT2D eigenvalue weighted by Crippen LogP contribution is -1.94. The summed E-state index contributed by atoms with van der Waals surface area (Å²) in [4.78, 5) is 0. The summed E-state index contributed by atoms with van der Waals surface area (Å²) in [6, 6.07) is 9.35. The summed E-state index contributed by atoms with van der Waals surface area (Å²) in [6.45, 7) is 1.99. The lowest BCUT2D eigenvalue weighted by molar-refractivity contribution is 1.11. The number of hydrogen-bond donors (Lipinski definition) is 1. The molecule has 0 saturated carbocycles. The smallest absolute Gasteiger partial charge is 0.168 e. The van der Waals surface area contributed by atoms with Gasteiger partial charge in [-0.1, -0.05) is 11.6 Å². The number of anilines is 1. The van der Waals surface area contributed by atoms with Crippen molar-refractivity contribution in [3.05, 3.63) is 47.1 Å². The zero-order valence-electron chi connectivity index (χ0n) is 9.76. The Morgan fingerprint density at radius 2 is 2.00 bits per heavy atom. The highest BCUT2D eigenvalue weighted by molar-refractivity contribution is 6.30. The third kappa shape index (κ3) is 1.71. The van der Waals surface area contributed by atoms with E-state index < -0.39 is 0 Å². The molecule has 0 aliphatic rings. The first-order valence-corrected chi connectivity index (χ1v) is 5.90. The number of nitrogen functional groups attached to an aromatic ring is 1. The Balaban J connectivity index is 2.28. The molecule has 0 amide bonds. The molecule has 3 rings (SSSR count). The molecule has 4 nitrogen and oxygen atoms in total. The molecule has 3 aromatic rings. The number of pyridine rings is 1. The SMILES string of the molecule is Cc1cc(Cl)ccc1-c1nnc2ccc(N)cn12. The molecule has 18 heavy (non-hydrogen) atoms. The number of rotatable bonds is 1. The normalized spacial score (nSPS) is 11.0. The molecule has 0 bridgehead atoms. The van der Waals surface area contributed by atoms with Gasteiger partial charge < -0.3 is 5.73 Å². The summed E-state index contributed by atoms with van der Waals surface area (Å²) in [6.07, 6.45) is 1.82. The van der Waals surface area contributed by atoms with E-state index in [1.807, 2.05) is 47.9 Å². The van der Waals surface area contributed by atoms with Crippen molar-refractivity contribution in [2.45, 2.75) is 6.92 Å². The van der Waals surface area contributed by atoms with Crippen molar-refractivity contribution >= 4 is 22.9 Å². The Kier molecular flexibility index (Phi) is 2.45. The highest BCUT2D eigenvalue weighted by Crippen LogP contribution is 2.25. The fourth-order valence-electron chi connectivity index (χ4n) is 1.97. The summed E-state index contributed by atoms with van der Waals surface area (Å²) in [5.41, 5.74) is 9.30. The van der Waals surface area contributed by atoms with Crippen molar-refractivity contribution in [1.82, 2.24) is 14.6 Å². The first-order valence-electron chi connectivity index (χ1n) is 5.52. The number of nitrogens with two attached hydrogens (primary N) is 1. The van der Waals surface area contributed by atoms with Gasteiger partial charge in [0.25, 0.3) is 0 Å². The van der Waals surface area contributed by atoms with Crippen molar-refractivity contribution in [1.29, 1.82) is 0 Å². The van der Waals surface area contributed by atoms with E-state index in [-0.39, 0.29) is 0 Å². The number of aryl methyl sites for hydroxylation is 1. The zero-order valence-corrected chi connectivity index (χ0v) is 10.5. The van der Waals surface area contributed by atoms with Crippen molar-refractivity contribution in [2.24, 2.45) is 0 Å². The van der Waals surface area contributed by atoms with Gasteiger partial charge in [-0.05, 0) is 42.8 Å². The van der Waals surface area contributed by atoms with Gasteiger partial charge in [0.2, 0.25) is 0 Å². The van der Waals surface area contributed by atoms with Crippen molar-refractivity contribution < 1.29 is 0 Å². The average molecular weight is 259 g/mol. The maximum absolute atomic E-state index is 5.96. The van der Waals surface area contributed by atoms with Crippen LogP contribution in [-0.4, -0.2) is 14.6 Å². The number of fused-ring (bicyclic) bond motifs is 1. The second-order valence-electron chi connectivity index (χ2n) is 4.17. The lowest BCUT2D eigenvalue weighted by atomic mass is 10.1. The van der Waals surface area contributed by atoms with Gasteiger partial charge in [-0.25, -0.2) is 0 Å². The second-order valence-corrected chi connectivity index (χ2v) is 4.61. The van der Waals surface area contributed by atoms with Crippen LogP contribution in [0.4, 0.5) is 5.69 Å². The Labute approximate surface area is 109 Å². The zero-order chi connectivity index (χ0) is 12.7. The molecule has 0 radical (unpaired) electrons. The van der Waals surface area contributed by atoms with Crippen LogP contribution in [0.1, 0.15) is 5.56 Å². The predicted molar refractivity (Wildman–Crippen MR) is 72.6 cm³/mol. The lowest BCUT2D eigenvalue weighted by Gasteiger charge is -2.05. The fraction of sp³-hybridized carbons (Fsp3) is 0.0769. The largest absolute Gasteiger partial charge is 0.398 e. The van der Waals surface area contributed by atoms with Crippen LogP contribution >= 0.6 is 11.6 Å². The van der Waals surface area contributed by atoms with Gasteiger partial charge >= 0.3 is 0 Å². The van der Waals surface area contributed by atoms with E-state index in [1.165, 1.54) is 0 Å². The van der Waals surface area contributed by atoms with E-state index in [0.29, 0.717) is 10.7 Å². The first kappa shape index (κ1) is 11.0. The van der Waals surface area contributed by atoms with Gasteiger partial charge in [0.1, 0.15) is 0 Å². The van der Waals surface area contributed by atoms with E-state index in [4.69, 9.17) is 17.3 Å². The summed E-state index contributed by atoms with van der Waals surface area (Å²) in [7, 11) is 0. The standard InChI is InChI=1S/C13H11ClN4/c1-8-6-9(14)2-4-11(8)13-17-16-12-5-3-10(15)7-18(12)13/h2-7H,15H2,1H3. The molecule has 0 aliphatic heterocycles. The molecule has 0 spiro atoms. The number of halogens is 1. The van der Waals surface area contributed by atoms with Gasteiger partial charge in [-0.3, -0.25) is 4.40 Å². The van der Waals surface area contributed by atoms with E-state index in [0.717, 1.165) is 22.6 Å². The van der Waals surface area contributed by atoms with E-state index in [1.54, 1.807) is 0 Å². The molecular weight excluding hydrogens is 248 g/mol. The summed E-state index contributed by atoms with van der Waals surface area (Å²) < 4.78 is 1.88. The van der Waals surface area contributed by atoms with Gasteiger partial charge in [0.05, 0.1) is 0 Å². The van der Waals surface area contributed by atoms with Gasteiger partial charge in [0, 0.05) is 22.5 Å². The summed E-state index contributed by atoms with van der Waals surface area (Å²) in [5, 5.41) is 9.05. The van der Waals surface area contributed by atoms with Crippen LogP contribution in [0, 0.1) is 6.92 Å². The molecule has 0 unspecified atom stereocenters. The number of aromatic nitrogens is 3. The quantitative estimate of drug-likeness (QED) is 0.730. The van der Waals surface area contributed by atoms with Gasteiger partial charge in [0.15, 0.2) is 11.5 Å². The average Bonchev–Trinajstić information content (AvgIpc) is 2.72. The predicted octanol–water partition coefficient (Wildman–Crippen LogP) is 2.94. The van der Waals surface area contributed by atoms with Crippen LogP contribution in [0.25, 0.3) is 17.0 Å². The van der Waals surface area contributed by atoms with E-state index >= 15 is 0 Å². The molecule has 1 aromatic carbocycles. The van der Waals surface area contributed by atoms with Crippen LogP contribution in [0.3, 0.4) is 0 Å². The molecule has 5 heteroatoms. The monoisotopic (exact) mass is 258 g/mol. The number of nitrogens with zero attached hydrogens (tertiary/aromatic N) is 3. The Morgan fingerprint density at radius 3 is 2.78 bits per heavy atom. The van der Waals surface area contributed by atoms with Crippen LogP contribution in [0.5, 0.6) is 0 Å². The third-order valence-electron chi connectivity index (χ3n) is 2.85. The third-order valence-corrected chi connectivity index (χ3v) is 3.09. The second kappa shape index (κ2) is 3.99. The molecule has 2 heterocycles. The minimum Gasteiger partial charge on any atom is -0.398 e. The molecule has 90 valence electrons. The highest BCUT2D eigenvalue weighted by Gasteiger charge is 2.10. The highest BCUT2D eigenvalue weighted by atomic mass is 35.5. The van der Waals surface area contributed by atoms with E-state index in [2.05, 4.69) is 10.2 Å². The molecule has 0 fully saturated rings. The minimum atomic E-state index is 0.676. The number of hydrogen-bond acceptors (Lipinski definition) is 3. The number of benzene rings is 1. The molecule has 0 atom stereocenters. The molecule has 0 aliphatic carbocycles. The topological polar surface area (TPSA) is 56.2 Å². The summed E-state index contributed by atoms with van der Waals surface area (Å²) >= 11 is 5.96. The minimum absolute atomic E-state index is 0.676. The van der Waals surface area contributed by atoms with Crippen LogP contribution in [0.2, 0.25) is 5.02 Å². The summed E-state index contributed by atoms with van der Waals surface area (Å²) in [5.74, 6) is 0.770. The van der Waals surface area contributed by atoms with Crippen molar-refractivity contribution in [3.63, 3.8) is 0 Å². The van der Waals surface area contributed by atoms with Crippen molar-refractivity contribution in [3.8, 4) is 11.4 Å². The van der Waals surface area contributed by atoms with Crippen LogP contribution in [0.15, 0.2) is 36.5 Å². The van der Waals surface area contributed by atoms with Gasteiger partial charge in [-0.15, -0.1) is 10.2 Å². The van der Waals surface area contributed by atoms with Crippen molar-refractivity contribution in [2.75, 3.05) is 5.73 Å². The molecule has 2 aromatic heterocycles. The Morgan fingerprint density at radius 1 is 1.17 bits per heavy atom. The first-order chi connectivity index (χ1) is 8.65. The maximum Gasteiger partial charge on any atom is 0.168 e. The Hall–Kier alpha value is -2.07. The van der Waals surface area contributed by atoms with Crippen LogP contribution in [-0.2, 0) is 0 Å². The Bertz CT molecular complexity index is 733. The molecule has 2 N–H and O–H groups in total. The van der Waals surface area contributed by atoms with E-state index in [9.17, 15) is 0 Å². The molecular formula is C13H11ClN4. The maximum atomic E-state index is 5.96. The van der Waals surface area contributed by atoms with Gasteiger partial charge in [-0.2, -0.15) is 0 Å². The fourth-order valence-corrected chi connectivity index (χ4v) is 2.20. The van der Waals surface area contributed by atoms with Crippen LogP contribution < -0.4 is 5.73 Å². The molecule has 0 saturated heterocycles.